The highest BCUT2D eigenvalue weighted by atomic mass is 35.7. The van der Waals surface area contributed by atoms with Crippen LogP contribution >= 0.6 is 18.8 Å². The molecule has 0 spiro atoms. The van der Waals surface area contributed by atoms with Gasteiger partial charge in [-0.05, 0) is 5.56 Å². The van der Waals surface area contributed by atoms with Crippen molar-refractivity contribution < 1.29 is 4.20 Å². The molecule has 0 aliphatic heterocycles. The van der Waals surface area contributed by atoms with E-state index in [2.05, 4.69) is 0 Å². The van der Waals surface area contributed by atoms with E-state index in [-0.39, 0.29) is 0 Å². The summed E-state index contributed by atoms with van der Waals surface area (Å²) >= 11 is 5.21. The summed E-state index contributed by atoms with van der Waals surface area (Å²) in [7, 11) is -1.80. The van der Waals surface area contributed by atoms with Crippen LogP contribution in [0.2, 0.25) is 0 Å². The van der Waals surface area contributed by atoms with Crippen molar-refractivity contribution in [2.45, 2.75) is 6.16 Å². The molecule has 0 saturated heterocycles. The van der Waals surface area contributed by atoms with Crippen LogP contribution < -0.4 is 0 Å². The highest BCUT2D eigenvalue weighted by Crippen LogP contribution is 2.45. The lowest BCUT2D eigenvalue weighted by Gasteiger charge is -1.97. The summed E-state index contributed by atoms with van der Waals surface area (Å²) in [6, 6.07) is 9.41. The fourth-order valence-corrected chi connectivity index (χ4v) is 1.62. The largest absolute Gasteiger partial charge is 0.209 e. The summed E-state index contributed by atoms with van der Waals surface area (Å²) in [4.78, 5) is 0. The standard InChI is InChI=1S/C7H7ClFP/c8-10(9)6-7-4-2-1-3-5-7/h1-5H,6H2. The summed E-state index contributed by atoms with van der Waals surface area (Å²) in [5.74, 6) is 0. The number of rotatable bonds is 2. The van der Waals surface area contributed by atoms with Gasteiger partial charge in [0, 0.05) is 6.16 Å². The summed E-state index contributed by atoms with van der Waals surface area (Å²) in [5, 5.41) is 0. The Morgan fingerprint density at radius 3 is 2.40 bits per heavy atom. The molecule has 1 unspecified atom stereocenters. The summed E-state index contributed by atoms with van der Waals surface area (Å²) in [6.07, 6.45) is 0.359. The summed E-state index contributed by atoms with van der Waals surface area (Å²) in [6.45, 7) is 0. The first-order valence-electron chi connectivity index (χ1n) is 2.92. The van der Waals surface area contributed by atoms with Gasteiger partial charge in [-0.25, -0.2) is 4.20 Å². The maximum atomic E-state index is 12.2. The van der Waals surface area contributed by atoms with Gasteiger partial charge in [0.15, 0.2) is 7.58 Å². The van der Waals surface area contributed by atoms with Crippen molar-refractivity contribution in [3.63, 3.8) is 0 Å². The van der Waals surface area contributed by atoms with Gasteiger partial charge in [0.2, 0.25) is 0 Å². The molecule has 54 valence electrons. The Morgan fingerprint density at radius 2 is 1.90 bits per heavy atom. The second kappa shape index (κ2) is 3.90. The van der Waals surface area contributed by atoms with Crippen molar-refractivity contribution in [1.82, 2.24) is 0 Å². The van der Waals surface area contributed by atoms with Gasteiger partial charge >= 0.3 is 0 Å². The van der Waals surface area contributed by atoms with Crippen molar-refractivity contribution >= 4 is 18.8 Å². The molecule has 0 saturated carbocycles. The average molecular weight is 177 g/mol. The van der Waals surface area contributed by atoms with E-state index in [1.165, 1.54) is 0 Å². The predicted molar refractivity (Wildman–Crippen MR) is 44.0 cm³/mol. The molecular weight excluding hydrogens is 170 g/mol. The molecule has 0 nitrogen and oxygen atoms in total. The highest BCUT2D eigenvalue weighted by Gasteiger charge is 2.01. The van der Waals surface area contributed by atoms with Crippen molar-refractivity contribution in [2.24, 2.45) is 0 Å². The first-order chi connectivity index (χ1) is 4.79. The minimum Gasteiger partial charge on any atom is -0.209 e. The number of hydrogen-bond donors (Lipinski definition) is 0. The fourth-order valence-electron chi connectivity index (χ4n) is 0.721. The molecule has 0 aliphatic rings. The first kappa shape index (κ1) is 7.97. The third-order valence-corrected chi connectivity index (χ3v) is 2.11. The third kappa shape index (κ3) is 2.64. The molecule has 0 aliphatic carbocycles. The van der Waals surface area contributed by atoms with Crippen LogP contribution in [0, 0.1) is 0 Å². The van der Waals surface area contributed by atoms with Gasteiger partial charge in [-0.1, -0.05) is 41.6 Å². The van der Waals surface area contributed by atoms with Crippen molar-refractivity contribution in [3.05, 3.63) is 35.9 Å². The van der Waals surface area contributed by atoms with Gasteiger partial charge in [0.1, 0.15) is 0 Å². The van der Waals surface area contributed by atoms with E-state index < -0.39 is 7.58 Å². The quantitative estimate of drug-likeness (QED) is 0.603. The third-order valence-electron chi connectivity index (χ3n) is 1.14. The zero-order chi connectivity index (χ0) is 7.40. The van der Waals surface area contributed by atoms with Gasteiger partial charge in [0.05, 0.1) is 0 Å². The zero-order valence-electron chi connectivity index (χ0n) is 5.30. The lowest BCUT2D eigenvalue weighted by molar-refractivity contribution is 0.904. The van der Waals surface area contributed by atoms with Gasteiger partial charge in [0.25, 0.3) is 0 Å². The van der Waals surface area contributed by atoms with Gasteiger partial charge < -0.3 is 0 Å². The van der Waals surface area contributed by atoms with Crippen molar-refractivity contribution in [1.29, 1.82) is 0 Å². The highest BCUT2D eigenvalue weighted by molar-refractivity contribution is 7.79. The van der Waals surface area contributed by atoms with Crippen LogP contribution in [0.1, 0.15) is 5.56 Å². The molecule has 0 N–H and O–H groups in total. The van der Waals surface area contributed by atoms with Crippen molar-refractivity contribution in [3.8, 4) is 0 Å². The van der Waals surface area contributed by atoms with E-state index in [0.29, 0.717) is 6.16 Å². The Hall–Kier alpha value is -0.130. The first-order valence-corrected chi connectivity index (χ1v) is 5.24. The number of halogens is 2. The van der Waals surface area contributed by atoms with E-state index in [9.17, 15) is 4.20 Å². The van der Waals surface area contributed by atoms with Crippen LogP contribution in [0.3, 0.4) is 0 Å². The Kier molecular flexibility index (Phi) is 3.11. The molecule has 0 amide bonds. The molecule has 10 heavy (non-hydrogen) atoms. The smallest absolute Gasteiger partial charge is 0.180 e. The second-order valence-corrected chi connectivity index (χ2v) is 3.97. The van der Waals surface area contributed by atoms with Crippen LogP contribution in [-0.4, -0.2) is 0 Å². The summed E-state index contributed by atoms with van der Waals surface area (Å²) in [5.41, 5.74) is 0.964. The molecule has 0 radical (unpaired) electrons. The topological polar surface area (TPSA) is 0 Å². The minimum absolute atomic E-state index is 0.359. The van der Waals surface area contributed by atoms with Gasteiger partial charge in [-0.15, -0.1) is 0 Å². The maximum Gasteiger partial charge on any atom is 0.180 e. The zero-order valence-corrected chi connectivity index (χ0v) is 6.95. The fraction of sp³-hybridized carbons (Fsp3) is 0.143. The normalized spacial score (nSPS) is 13.0. The molecule has 0 heterocycles. The molecule has 0 aromatic heterocycles. The number of benzene rings is 1. The van der Waals surface area contributed by atoms with Crippen LogP contribution in [0.4, 0.5) is 4.20 Å². The monoisotopic (exact) mass is 176 g/mol. The van der Waals surface area contributed by atoms with Gasteiger partial charge in [-0.2, -0.15) is 0 Å². The van der Waals surface area contributed by atoms with Crippen LogP contribution in [0.15, 0.2) is 30.3 Å². The van der Waals surface area contributed by atoms with Crippen LogP contribution in [-0.2, 0) is 6.16 Å². The van der Waals surface area contributed by atoms with E-state index in [1.807, 2.05) is 30.3 Å². The Balaban J connectivity index is 2.59. The van der Waals surface area contributed by atoms with E-state index in [0.717, 1.165) is 5.56 Å². The lowest BCUT2D eigenvalue weighted by atomic mass is 10.2. The van der Waals surface area contributed by atoms with E-state index in [1.54, 1.807) is 0 Å². The molecule has 0 bridgehead atoms. The molecule has 1 aromatic rings. The number of hydrogen-bond acceptors (Lipinski definition) is 0. The molecule has 3 heteroatoms. The van der Waals surface area contributed by atoms with Crippen molar-refractivity contribution in [2.75, 3.05) is 0 Å². The SMILES string of the molecule is FP(Cl)Cc1ccccc1. The molecule has 0 fully saturated rings. The molecule has 1 atom stereocenters. The van der Waals surface area contributed by atoms with Crippen LogP contribution in [0.25, 0.3) is 0 Å². The molecule has 1 aromatic carbocycles. The minimum atomic E-state index is -1.80. The summed E-state index contributed by atoms with van der Waals surface area (Å²) < 4.78 is 12.2. The Morgan fingerprint density at radius 1 is 1.30 bits per heavy atom. The van der Waals surface area contributed by atoms with Gasteiger partial charge in [-0.3, -0.25) is 0 Å². The lowest BCUT2D eigenvalue weighted by Crippen LogP contribution is -1.74. The van der Waals surface area contributed by atoms with Crippen LogP contribution in [0.5, 0.6) is 0 Å². The van der Waals surface area contributed by atoms with E-state index >= 15 is 0 Å². The average Bonchev–Trinajstić information content (AvgIpc) is 1.88. The maximum absolute atomic E-state index is 12.2. The predicted octanol–water partition coefficient (Wildman–Crippen LogP) is 3.71. The Bertz CT molecular complexity index is 188. The van der Waals surface area contributed by atoms with E-state index in [4.69, 9.17) is 11.2 Å². The molecule has 1 rings (SSSR count). The molecular formula is C7H7ClFP. The second-order valence-electron chi connectivity index (χ2n) is 1.95. The Labute approximate surface area is 65.7 Å².